The molecule has 1 saturated carbocycles. The molecule has 3 nitrogen and oxygen atoms in total. The zero-order valence-corrected chi connectivity index (χ0v) is 14.0. The lowest BCUT2D eigenvalue weighted by molar-refractivity contribution is 0.0515. The summed E-state index contributed by atoms with van der Waals surface area (Å²) in [7, 11) is 0. The summed E-state index contributed by atoms with van der Waals surface area (Å²) in [5.74, 6) is -0.469. The molecule has 0 heterocycles. The number of benzene rings is 2. The highest BCUT2D eigenvalue weighted by molar-refractivity contribution is 6.30. The molecule has 1 aliphatic carbocycles. The quantitative estimate of drug-likeness (QED) is 0.546. The minimum absolute atomic E-state index is 0.438. The maximum absolute atomic E-state index is 12.1. The summed E-state index contributed by atoms with van der Waals surface area (Å²) in [5, 5.41) is 4.71. The molecule has 1 aliphatic rings. The van der Waals surface area contributed by atoms with Crippen LogP contribution in [0.15, 0.2) is 65.3 Å². The predicted octanol–water partition coefficient (Wildman–Crippen LogP) is 5.51. The van der Waals surface area contributed by atoms with Crippen LogP contribution < -0.4 is 0 Å². The van der Waals surface area contributed by atoms with E-state index in [0.717, 1.165) is 42.5 Å². The van der Waals surface area contributed by atoms with Crippen molar-refractivity contribution in [3.05, 3.63) is 76.3 Å². The van der Waals surface area contributed by atoms with Crippen LogP contribution in [-0.2, 0) is 4.84 Å². The number of nitrogens with zero attached hydrogens (tertiary/aromatic N) is 1. The SMILES string of the molecule is O=C(O/N=C1/CCCC/C1=C/c1ccccc1)c1ccc(Cl)cc1. The number of carbonyl (C=O) groups is 1. The lowest BCUT2D eigenvalue weighted by atomic mass is 9.91. The van der Waals surface area contributed by atoms with Gasteiger partial charge in [-0.2, -0.15) is 0 Å². The Balaban J connectivity index is 1.75. The summed E-state index contributed by atoms with van der Waals surface area (Å²) in [6.45, 7) is 0. The van der Waals surface area contributed by atoms with E-state index in [0.29, 0.717) is 10.6 Å². The van der Waals surface area contributed by atoms with E-state index in [1.54, 1.807) is 24.3 Å². The van der Waals surface area contributed by atoms with Crippen LogP contribution in [0.4, 0.5) is 0 Å². The van der Waals surface area contributed by atoms with Gasteiger partial charge in [0.15, 0.2) is 0 Å². The molecule has 0 bridgehead atoms. The molecule has 0 saturated heterocycles. The van der Waals surface area contributed by atoms with Crippen molar-refractivity contribution in [2.75, 3.05) is 0 Å². The second-order valence-corrected chi connectivity index (χ2v) is 6.15. The molecule has 0 atom stereocenters. The van der Waals surface area contributed by atoms with Crippen LogP contribution in [0.25, 0.3) is 6.08 Å². The zero-order chi connectivity index (χ0) is 16.8. The third-order valence-corrected chi connectivity index (χ3v) is 4.19. The molecule has 4 heteroatoms. The molecule has 24 heavy (non-hydrogen) atoms. The number of halogens is 1. The van der Waals surface area contributed by atoms with Crippen molar-refractivity contribution in [2.45, 2.75) is 25.7 Å². The second-order valence-electron chi connectivity index (χ2n) is 5.71. The van der Waals surface area contributed by atoms with Crippen LogP contribution in [0.5, 0.6) is 0 Å². The summed E-state index contributed by atoms with van der Waals surface area (Å²) in [6, 6.07) is 16.7. The predicted molar refractivity (Wildman–Crippen MR) is 97.2 cm³/mol. The number of allylic oxidation sites excluding steroid dienone is 1. The molecule has 0 amide bonds. The number of oxime groups is 1. The van der Waals surface area contributed by atoms with Crippen molar-refractivity contribution in [3.8, 4) is 0 Å². The van der Waals surface area contributed by atoms with Gasteiger partial charge in [-0.05, 0) is 67.2 Å². The van der Waals surface area contributed by atoms with Gasteiger partial charge in [0.2, 0.25) is 0 Å². The fraction of sp³-hybridized carbons (Fsp3) is 0.200. The van der Waals surface area contributed by atoms with Crippen molar-refractivity contribution < 1.29 is 9.63 Å². The van der Waals surface area contributed by atoms with Crippen molar-refractivity contribution >= 4 is 29.4 Å². The van der Waals surface area contributed by atoms with Gasteiger partial charge in [0, 0.05) is 5.02 Å². The fourth-order valence-corrected chi connectivity index (χ4v) is 2.78. The van der Waals surface area contributed by atoms with E-state index in [2.05, 4.69) is 23.4 Å². The van der Waals surface area contributed by atoms with Crippen LogP contribution in [-0.4, -0.2) is 11.7 Å². The lowest BCUT2D eigenvalue weighted by Gasteiger charge is -2.16. The van der Waals surface area contributed by atoms with Crippen molar-refractivity contribution in [3.63, 3.8) is 0 Å². The average molecular weight is 340 g/mol. The maximum atomic E-state index is 12.1. The summed E-state index contributed by atoms with van der Waals surface area (Å²) in [4.78, 5) is 17.2. The number of hydrogen-bond acceptors (Lipinski definition) is 3. The summed E-state index contributed by atoms with van der Waals surface area (Å²) in [6.07, 6.45) is 6.08. The molecule has 0 radical (unpaired) electrons. The van der Waals surface area contributed by atoms with Gasteiger partial charge < -0.3 is 4.84 Å². The van der Waals surface area contributed by atoms with Crippen molar-refractivity contribution in [2.24, 2.45) is 5.16 Å². The molecule has 0 aromatic heterocycles. The van der Waals surface area contributed by atoms with Gasteiger partial charge >= 0.3 is 5.97 Å². The van der Waals surface area contributed by atoms with Crippen LogP contribution in [0.1, 0.15) is 41.6 Å². The Labute approximate surface area is 146 Å². The standard InChI is InChI=1S/C20H18ClNO2/c21-18-12-10-16(11-13-18)20(23)24-22-19-9-5-4-8-17(19)14-15-6-2-1-3-7-15/h1-3,6-7,10-14H,4-5,8-9H2/b17-14-,22-19-. The highest BCUT2D eigenvalue weighted by Gasteiger charge is 2.15. The molecule has 2 aromatic rings. The smallest absolute Gasteiger partial charge is 0.313 e. The molecule has 0 unspecified atom stereocenters. The first-order valence-electron chi connectivity index (χ1n) is 8.02. The summed E-state index contributed by atoms with van der Waals surface area (Å²) in [5.41, 5.74) is 3.56. The molecule has 3 rings (SSSR count). The number of hydrogen-bond donors (Lipinski definition) is 0. The minimum atomic E-state index is -0.469. The van der Waals surface area contributed by atoms with Crippen molar-refractivity contribution in [1.29, 1.82) is 0 Å². The largest absolute Gasteiger partial charge is 0.365 e. The van der Waals surface area contributed by atoms with Gasteiger partial charge in [-0.15, -0.1) is 0 Å². The molecule has 2 aromatic carbocycles. The monoisotopic (exact) mass is 339 g/mol. The molecular weight excluding hydrogens is 322 g/mol. The van der Waals surface area contributed by atoms with E-state index >= 15 is 0 Å². The van der Waals surface area contributed by atoms with Gasteiger partial charge in [0.25, 0.3) is 0 Å². The summed E-state index contributed by atoms with van der Waals surface area (Å²) < 4.78 is 0. The topological polar surface area (TPSA) is 38.7 Å². The molecule has 122 valence electrons. The van der Waals surface area contributed by atoms with Crippen LogP contribution in [0, 0.1) is 0 Å². The fourth-order valence-electron chi connectivity index (χ4n) is 2.66. The first-order valence-corrected chi connectivity index (χ1v) is 8.40. The van der Waals surface area contributed by atoms with Crippen LogP contribution in [0.2, 0.25) is 5.02 Å². The van der Waals surface area contributed by atoms with E-state index in [1.165, 1.54) is 0 Å². The minimum Gasteiger partial charge on any atom is -0.313 e. The second kappa shape index (κ2) is 7.93. The van der Waals surface area contributed by atoms with Crippen LogP contribution in [0.3, 0.4) is 0 Å². The Morgan fingerprint density at radius 3 is 2.46 bits per heavy atom. The molecule has 0 aliphatic heterocycles. The Bertz CT molecular complexity index is 764. The van der Waals surface area contributed by atoms with E-state index < -0.39 is 5.97 Å². The Hall–Kier alpha value is -2.39. The van der Waals surface area contributed by atoms with Gasteiger partial charge in [-0.25, -0.2) is 4.79 Å². The van der Waals surface area contributed by atoms with E-state index in [9.17, 15) is 4.79 Å². The first kappa shape index (κ1) is 16.5. The first-order chi connectivity index (χ1) is 11.7. The normalized spacial score (nSPS) is 17.9. The van der Waals surface area contributed by atoms with Crippen LogP contribution >= 0.6 is 11.6 Å². The van der Waals surface area contributed by atoms with E-state index in [4.69, 9.17) is 16.4 Å². The van der Waals surface area contributed by atoms with Gasteiger partial charge in [-0.3, -0.25) is 0 Å². The Kier molecular flexibility index (Phi) is 5.44. The van der Waals surface area contributed by atoms with Crippen molar-refractivity contribution in [1.82, 2.24) is 0 Å². The molecule has 0 N–H and O–H groups in total. The average Bonchev–Trinajstić information content (AvgIpc) is 2.62. The molecule has 0 spiro atoms. The molecular formula is C20H18ClNO2. The third-order valence-electron chi connectivity index (χ3n) is 3.94. The Morgan fingerprint density at radius 2 is 1.71 bits per heavy atom. The maximum Gasteiger partial charge on any atom is 0.365 e. The third kappa shape index (κ3) is 4.33. The van der Waals surface area contributed by atoms with E-state index in [1.807, 2.05) is 18.2 Å². The lowest BCUT2D eigenvalue weighted by Crippen LogP contribution is -2.11. The summed E-state index contributed by atoms with van der Waals surface area (Å²) >= 11 is 5.82. The Morgan fingerprint density at radius 1 is 1.00 bits per heavy atom. The highest BCUT2D eigenvalue weighted by Crippen LogP contribution is 2.24. The molecule has 1 fully saturated rings. The number of rotatable bonds is 3. The zero-order valence-electron chi connectivity index (χ0n) is 13.2. The van der Waals surface area contributed by atoms with Gasteiger partial charge in [0.1, 0.15) is 0 Å². The highest BCUT2D eigenvalue weighted by atomic mass is 35.5. The van der Waals surface area contributed by atoms with E-state index in [-0.39, 0.29) is 0 Å². The van der Waals surface area contributed by atoms with Gasteiger partial charge in [-0.1, -0.05) is 47.1 Å². The van der Waals surface area contributed by atoms with Gasteiger partial charge in [0.05, 0.1) is 11.3 Å². The number of carbonyl (C=O) groups excluding carboxylic acids is 1.